The predicted molar refractivity (Wildman–Crippen MR) is 59.6 cm³/mol. The molecule has 1 aromatic carbocycles. The molecule has 0 radical (unpaired) electrons. The summed E-state index contributed by atoms with van der Waals surface area (Å²) in [6, 6.07) is 4.93. The van der Waals surface area contributed by atoms with E-state index in [2.05, 4.69) is 0 Å². The topological polar surface area (TPSA) is 76.4 Å². The maximum Gasteiger partial charge on any atom is 0.231 e. The molecule has 1 aromatic rings. The highest BCUT2D eigenvalue weighted by Gasteiger charge is 2.22. The zero-order valence-corrected chi connectivity index (χ0v) is 10.1. The quantitative estimate of drug-likeness (QED) is 0.814. The minimum absolute atomic E-state index is 0.0176. The van der Waals surface area contributed by atoms with Gasteiger partial charge in [0.1, 0.15) is 0 Å². The molecule has 0 aromatic heterocycles. The second kappa shape index (κ2) is 4.26. The molecular weight excluding hydrogens is 242 g/mol. The summed E-state index contributed by atoms with van der Waals surface area (Å²) in [7, 11) is -3.43. The lowest BCUT2D eigenvalue weighted by molar-refractivity contribution is 0.174. The Hall–Kier alpha value is -1.74. The second-order valence-electron chi connectivity index (χ2n) is 3.70. The van der Waals surface area contributed by atoms with E-state index >= 15 is 0 Å². The van der Waals surface area contributed by atoms with Crippen molar-refractivity contribution >= 4 is 9.84 Å². The predicted octanol–water partition coefficient (Wildman–Crippen LogP) is 1.41. The van der Waals surface area contributed by atoms with Crippen LogP contribution in [-0.2, 0) is 9.84 Å². The van der Waals surface area contributed by atoms with Gasteiger partial charge in [0.2, 0.25) is 6.79 Å². The van der Waals surface area contributed by atoms with Gasteiger partial charge in [-0.3, -0.25) is 0 Å². The van der Waals surface area contributed by atoms with Crippen LogP contribution in [0.3, 0.4) is 0 Å². The van der Waals surface area contributed by atoms with E-state index in [1.807, 2.05) is 6.07 Å². The molecule has 17 heavy (non-hydrogen) atoms. The highest BCUT2D eigenvalue weighted by atomic mass is 32.2. The molecule has 6 heteroatoms. The summed E-state index contributed by atoms with van der Waals surface area (Å²) < 4.78 is 34.2. The van der Waals surface area contributed by atoms with Crippen molar-refractivity contribution in [2.45, 2.75) is 18.2 Å². The smallest absolute Gasteiger partial charge is 0.231 e. The van der Waals surface area contributed by atoms with Gasteiger partial charge in [-0.15, -0.1) is 0 Å². The molecule has 0 spiro atoms. The van der Waals surface area contributed by atoms with Crippen molar-refractivity contribution in [3.63, 3.8) is 0 Å². The number of hydrogen-bond donors (Lipinski definition) is 0. The van der Waals surface area contributed by atoms with Crippen LogP contribution in [0.4, 0.5) is 0 Å². The lowest BCUT2D eigenvalue weighted by Gasteiger charge is -2.07. The Kier molecular flexibility index (Phi) is 2.94. The van der Waals surface area contributed by atoms with Gasteiger partial charge >= 0.3 is 0 Å². The van der Waals surface area contributed by atoms with Crippen molar-refractivity contribution in [2.24, 2.45) is 0 Å². The van der Waals surface area contributed by atoms with Crippen LogP contribution < -0.4 is 9.47 Å². The number of benzene rings is 1. The standard InChI is InChI=1S/C11H11NO4S/c1-8-5-9-10(16-7-15-9)6-11(8)17(13,14)4-2-3-12/h5-6H,2,4,7H2,1H3. The molecule has 2 rings (SSSR count). The molecule has 90 valence electrons. The fraction of sp³-hybridized carbons (Fsp3) is 0.364. The number of sulfone groups is 1. The normalized spacial score (nSPS) is 13.4. The van der Waals surface area contributed by atoms with E-state index in [1.165, 1.54) is 6.07 Å². The molecule has 0 N–H and O–H groups in total. The van der Waals surface area contributed by atoms with Crippen molar-refractivity contribution in [3.05, 3.63) is 17.7 Å². The molecule has 1 heterocycles. The average molecular weight is 253 g/mol. The summed E-state index contributed by atoms with van der Waals surface area (Å²) in [6.45, 7) is 1.80. The summed E-state index contributed by atoms with van der Waals surface area (Å²) >= 11 is 0. The Labute approximate surface area is 99.5 Å². The van der Waals surface area contributed by atoms with Crippen LogP contribution in [0.15, 0.2) is 17.0 Å². The maximum atomic E-state index is 12.0. The Balaban J connectivity index is 2.43. The van der Waals surface area contributed by atoms with E-state index in [9.17, 15) is 8.42 Å². The summed E-state index contributed by atoms with van der Waals surface area (Å²) in [5.74, 6) is 0.817. The first kappa shape index (κ1) is 11.7. The molecular formula is C11H11NO4S. The fourth-order valence-corrected chi connectivity index (χ4v) is 3.07. The van der Waals surface area contributed by atoms with E-state index in [1.54, 1.807) is 13.0 Å². The fourth-order valence-electron chi connectivity index (χ4n) is 1.65. The third kappa shape index (κ3) is 2.19. The molecule has 1 aliphatic rings. The highest BCUT2D eigenvalue weighted by Crippen LogP contribution is 2.36. The first-order valence-electron chi connectivity index (χ1n) is 5.04. The van der Waals surface area contributed by atoms with Gasteiger partial charge in [0.05, 0.1) is 16.7 Å². The molecule has 0 aliphatic carbocycles. The number of ether oxygens (including phenoxy) is 2. The lowest BCUT2D eigenvalue weighted by Crippen LogP contribution is -2.08. The zero-order chi connectivity index (χ0) is 12.5. The van der Waals surface area contributed by atoms with Crippen LogP contribution in [-0.4, -0.2) is 21.0 Å². The van der Waals surface area contributed by atoms with Gasteiger partial charge in [-0.05, 0) is 18.6 Å². The number of fused-ring (bicyclic) bond motifs is 1. The molecule has 0 fully saturated rings. The van der Waals surface area contributed by atoms with Gasteiger partial charge in [0.25, 0.3) is 0 Å². The highest BCUT2D eigenvalue weighted by molar-refractivity contribution is 7.91. The van der Waals surface area contributed by atoms with E-state index < -0.39 is 9.84 Å². The number of rotatable bonds is 3. The summed E-state index contributed by atoms with van der Waals surface area (Å²) in [6.07, 6.45) is -0.0176. The van der Waals surface area contributed by atoms with Crippen molar-refractivity contribution in [3.8, 4) is 17.6 Å². The van der Waals surface area contributed by atoms with Crippen LogP contribution in [0.2, 0.25) is 0 Å². The van der Waals surface area contributed by atoms with Crippen molar-refractivity contribution in [2.75, 3.05) is 12.5 Å². The molecule has 0 saturated carbocycles. The van der Waals surface area contributed by atoms with Gasteiger partial charge in [-0.25, -0.2) is 8.42 Å². The van der Waals surface area contributed by atoms with Crippen LogP contribution >= 0.6 is 0 Å². The van der Waals surface area contributed by atoms with Crippen molar-refractivity contribution in [1.29, 1.82) is 5.26 Å². The number of hydrogen-bond acceptors (Lipinski definition) is 5. The zero-order valence-electron chi connectivity index (χ0n) is 9.26. The minimum atomic E-state index is -3.43. The van der Waals surface area contributed by atoms with E-state index in [0.29, 0.717) is 17.1 Å². The van der Waals surface area contributed by atoms with Crippen LogP contribution in [0.1, 0.15) is 12.0 Å². The SMILES string of the molecule is Cc1cc2c(cc1S(=O)(=O)CCC#N)OCO2. The summed E-state index contributed by atoms with van der Waals surface area (Å²) in [4.78, 5) is 0.206. The van der Waals surface area contributed by atoms with E-state index in [0.717, 1.165) is 0 Å². The Morgan fingerprint density at radius 1 is 1.35 bits per heavy atom. The first-order valence-corrected chi connectivity index (χ1v) is 6.70. The van der Waals surface area contributed by atoms with E-state index in [4.69, 9.17) is 14.7 Å². The molecule has 0 amide bonds. The van der Waals surface area contributed by atoms with Crippen LogP contribution in [0.25, 0.3) is 0 Å². The molecule has 5 nitrogen and oxygen atoms in total. The monoisotopic (exact) mass is 253 g/mol. The third-order valence-electron chi connectivity index (χ3n) is 2.49. The van der Waals surface area contributed by atoms with Gasteiger partial charge in [0.15, 0.2) is 21.3 Å². The van der Waals surface area contributed by atoms with Crippen LogP contribution in [0.5, 0.6) is 11.5 Å². The maximum absolute atomic E-state index is 12.0. The minimum Gasteiger partial charge on any atom is -0.454 e. The Morgan fingerprint density at radius 2 is 2.00 bits per heavy atom. The largest absolute Gasteiger partial charge is 0.454 e. The van der Waals surface area contributed by atoms with Crippen molar-refractivity contribution < 1.29 is 17.9 Å². The second-order valence-corrected chi connectivity index (χ2v) is 5.78. The van der Waals surface area contributed by atoms with E-state index in [-0.39, 0.29) is 23.9 Å². The third-order valence-corrected chi connectivity index (χ3v) is 4.34. The van der Waals surface area contributed by atoms with Gasteiger partial charge < -0.3 is 9.47 Å². The van der Waals surface area contributed by atoms with Crippen molar-refractivity contribution in [1.82, 2.24) is 0 Å². The number of nitrogens with zero attached hydrogens (tertiary/aromatic N) is 1. The average Bonchev–Trinajstić information content (AvgIpc) is 2.72. The summed E-state index contributed by atoms with van der Waals surface area (Å²) in [5, 5.41) is 8.44. The molecule has 0 bridgehead atoms. The Morgan fingerprint density at radius 3 is 2.65 bits per heavy atom. The molecule has 0 saturated heterocycles. The molecule has 0 atom stereocenters. The van der Waals surface area contributed by atoms with Gasteiger partial charge in [-0.2, -0.15) is 5.26 Å². The lowest BCUT2D eigenvalue weighted by atomic mass is 10.2. The van der Waals surface area contributed by atoms with Crippen LogP contribution in [0, 0.1) is 18.3 Å². The van der Waals surface area contributed by atoms with Gasteiger partial charge in [-0.1, -0.05) is 0 Å². The van der Waals surface area contributed by atoms with Gasteiger partial charge in [0, 0.05) is 12.5 Å². The molecule has 1 aliphatic heterocycles. The Bertz CT molecular complexity index is 586. The summed E-state index contributed by atoms with van der Waals surface area (Å²) in [5.41, 5.74) is 0.604. The number of aryl methyl sites for hydroxylation is 1. The first-order chi connectivity index (χ1) is 8.04. The molecule has 0 unspecified atom stereocenters. The number of nitriles is 1.